The van der Waals surface area contributed by atoms with Gasteiger partial charge in [-0.2, -0.15) is 4.79 Å². The third-order valence-electron chi connectivity index (χ3n) is 2.35. The van der Waals surface area contributed by atoms with E-state index in [1.807, 2.05) is 0 Å². The SMILES string of the molecule is COC(=O)C(Cc1ccc2c(c1)OCO2)=[N+]=[N-]. The van der Waals surface area contributed by atoms with Crippen molar-refractivity contribution < 1.29 is 23.8 Å². The van der Waals surface area contributed by atoms with Crippen LogP contribution in [0.1, 0.15) is 5.56 Å². The number of hydrogen-bond acceptors (Lipinski definition) is 4. The standard InChI is InChI=1S/C11H10N2O4/c1-15-11(14)8(13-12)4-7-2-3-9-10(5-7)17-6-16-9/h2-3,5H,4,6H2,1H3. The van der Waals surface area contributed by atoms with Gasteiger partial charge in [0.25, 0.3) is 0 Å². The highest BCUT2D eigenvalue weighted by molar-refractivity contribution is 6.34. The second-order valence-electron chi connectivity index (χ2n) is 3.40. The molecule has 2 rings (SSSR count). The first-order chi connectivity index (χ1) is 8.24. The van der Waals surface area contributed by atoms with Crippen molar-refractivity contribution in [2.45, 2.75) is 6.42 Å². The molecule has 1 aliphatic heterocycles. The molecule has 6 nitrogen and oxygen atoms in total. The monoisotopic (exact) mass is 234 g/mol. The fourth-order valence-corrected chi connectivity index (χ4v) is 1.51. The van der Waals surface area contributed by atoms with Crippen molar-refractivity contribution in [3.05, 3.63) is 29.3 Å². The molecular weight excluding hydrogens is 224 g/mol. The summed E-state index contributed by atoms with van der Waals surface area (Å²) in [6, 6.07) is 5.24. The molecule has 0 amide bonds. The molecule has 6 heteroatoms. The minimum atomic E-state index is -0.662. The van der Waals surface area contributed by atoms with E-state index in [0.29, 0.717) is 11.5 Å². The molecule has 0 bridgehead atoms. The van der Waals surface area contributed by atoms with Crippen LogP contribution in [0.4, 0.5) is 0 Å². The smallest absolute Gasteiger partial charge is 0.416 e. The second-order valence-corrected chi connectivity index (χ2v) is 3.40. The number of rotatable bonds is 3. The molecule has 0 N–H and O–H groups in total. The maximum absolute atomic E-state index is 11.2. The third-order valence-corrected chi connectivity index (χ3v) is 2.35. The Hall–Kier alpha value is -2.33. The summed E-state index contributed by atoms with van der Waals surface area (Å²) in [6.45, 7) is 0.191. The van der Waals surface area contributed by atoms with Crippen LogP contribution in [0.2, 0.25) is 0 Å². The molecule has 1 aromatic carbocycles. The van der Waals surface area contributed by atoms with Crippen LogP contribution in [0.15, 0.2) is 18.2 Å². The zero-order valence-electron chi connectivity index (χ0n) is 9.17. The average Bonchev–Trinajstić information content (AvgIpc) is 2.82. The van der Waals surface area contributed by atoms with Crippen LogP contribution in [0.5, 0.6) is 11.5 Å². The minimum absolute atomic E-state index is 0.0636. The van der Waals surface area contributed by atoms with Crippen LogP contribution < -0.4 is 9.47 Å². The zero-order valence-corrected chi connectivity index (χ0v) is 9.17. The summed E-state index contributed by atoms with van der Waals surface area (Å²) in [4.78, 5) is 14.1. The average molecular weight is 234 g/mol. The molecular formula is C11H10N2O4. The van der Waals surface area contributed by atoms with Gasteiger partial charge >= 0.3 is 11.7 Å². The lowest BCUT2D eigenvalue weighted by Crippen LogP contribution is -2.19. The molecule has 0 saturated carbocycles. The first kappa shape index (κ1) is 11.2. The molecule has 88 valence electrons. The Morgan fingerprint density at radius 3 is 2.94 bits per heavy atom. The molecule has 0 fully saturated rings. The van der Waals surface area contributed by atoms with E-state index >= 15 is 0 Å². The molecule has 0 aliphatic carbocycles. The molecule has 0 spiro atoms. The summed E-state index contributed by atoms with van der Waals surface area (Å²) in [7, 11) is 1.23. The van der Waals surface area contributed by atoms with Gasteiger partial charge in [0.05, 0.1) is 13.5 Å². The number of carbonyl (C=O) groups is 1. The van der Waals surface area contributed by atoms with Crippen LogP contribution in [-0.4, -0.2) is 30.4 Å². The summed E-state index contributed by atoms with van der Waals surface area (Å²) < 4.78 is 14.8. The summed E-state index contributed by atoms with van der Waals surface area (Å²) in [6.07, 6.45) is 0.166. The van der Waals surface area contributed by atoms with Crippen molar-refractivity contribution in [1.82, 2.24) is 0 Å². The van der Waals surface area contributed by atoms with Crippen molar-refractivity contribution in [2.75, 3.05) is 13.9 Å². The van der Waals surface area contributed by atoms with Crippen molar-refractivity contribution in [2.24, 2.45) is 0 Å². The Bertz CT molecular complexity index is 506. The Kier molecular flexibility index (Phi) is 3.07. The number of hydrogen-bond donors (Lipinski definition) is 0. The lowest BCUT2D eigenvalue weighted by atomic mass is 10.1. The van der Waals surface area contributed by atoms with Gasteiger partial charge in [-0.3, -0.25) is 0 Å². The number of benzene rings is 1. The Labute approximate surface area is 97.3 Å². The van der Waals surface area contributed by atoms with E-state index in [0.717, 1.165) is 5.56 Å². The topological polar surface area (TPSA) is 81.2 Å². The number of nitrogens with zero attached hydrogens (tertiary/aromatic N) is 2. The van der Waals surface area contributed by atoms with E-state index in [2.05, 4.69) is 9.53 Å². The predicted octanol–water partition coefficient (Wildman–Crippen LogP) is 0.802. The number of fused-ring (bicyclic) bond motifs is 1. The fourth-order valence-electron chi connectivity index (χ4n) is 1.51. The second kappa shape index (κ2) is 4.67. The van der Waals surface area contributed by atoms with E-state index in [1.54, 1.807) is 18.2 Å². The van der Waals surface area contributed by atoms with Gasteiger partial charge in [0.15, 0.2) is 11.5 Å². The maximum atomic E-state index is 11.2. The Morgan fingerprint density at radius 1 is 1.47 bits per heavy atom. The number of esters is 1. The number of carbonyl (C=O) groups excluding carboxylic acids is 1. The van der Waals surface area contributed by atoms with Crippen LogP contribution in [-0.2, 0) is 16.0 Å². The molecule has 0 unspecified atom stereocenters. The molecule has 0 aromatic heterocycles. The van der Waals surface area contributed by atoms with Crippen LogP contribution in [0.25, 0.3) is 5.53 Å². The predicted molar refractivity (Wildman–Crippen MR) is 56.9 cm³/mol. The minimum Gasteiger partial charge on any atom is -0.460 e. The summed E-state index contributed by atoms with van der Waals surface area (Å²) in [5, 5.41) is 0. The highest BCUT2D eigenvalue weighted by Gasteiger charge is 2.22. The highest BCUT2D eigenvalue weighted by atomic mass is 16.7. The molecule has 1 heterocycles. The van der Waals surface area contributed by atoms with E-state index in [4.69, 9.17) is 15.0 Å². The van der Waals surface area contributed by atoms with Crippen molar-refractivity contribution >= 4 is 11.7 Å². The first-order valence-electron chi connectivity index (χ1n) is 4.92. The molecule has 1 aromatic rings. The molecule has 0 radical (unpaired) electrons. The van der Waals surface area contributed by atoms with Crippen LogP contribution >= 0.6 is 0 Å². The highest BCUT2D eigenvalue weighted by Crippen LogP contribution is 2.32. The van der Waals surface area contributed by atoms with Gasteiger partial charge in [-0.25, -0.2) is 4.79 Å². The van der Waals surface area contributed by atoms with Gasteiger partial charge in [-0.1, -0.05) is 6.07 Å². The normalized spacial score (nSPS) is 11.8. The van der Waals surface area contributed by atoms with E-state index < -0.39 is 5.97 Å². The van der Waals surface area contributed by atoms with Crippen molar-refractivity contribution in [3.63, 3.8) is 0 Å². The van der Waals surface area contributed by atoms with Gasteiger partial charge < -0.3 is 19.7 Å². The largest absolute Gasteiger partial charge is 0.460 e. The molecule has 0 atom stereocenters. The number of ether oxygens (including phenoxy) is 3. The maximum Gasteiger partial charge on any atom is 0.416 e. The molecule has 0 saturated heterocycles. The van der Waals surface area contributed by atoms with E-state index in [9.17, 15) is 4.79 Å². The van der Waals surface area contributed by atoms with Gasteiger partial charge in [-0.05, 0) is 17.7 Å². The Balaban J connectivity index is 2.19. The van der Waals surface area contributed by atoms with Crippen LogP contribution in [0.3, 0.4) is 0 Å². The van der Waals surface area contributed by atoms with Gasteiger partial charge in [0.2, 0.25) is 6.79 Å². The van der Waals surface area contributed by atoms with Crippen molar-refractivity contribution in [3.8, 4) is 11.5 Å². The lowest BCUT2D eigenvalue weighted by Gasteiger charge is -1.99. The zero-order chi connectivity index (χ0) is 12.3. The summed E-state index contributed by atoms with van der Waals surface area (Å²) in [5.41, 5.74) is 9.42. The molecule has 1 aliphatic rings. The van der Waals surface area contributed by atoms with Crippen molar-refractivity contribution in [1.29, 1.82) is 0 Å². The molecule has 17 heavy (non-hydrogen) atoms. The summed E-state index contributed by atoms with van der Waals surface area (Å²) in [5.74, 6) is 0.615. The third kappa shape index (κ3) is 2.26. The van der Waals surface area contributed by atoms with E-state index in [1.165, 1.54) is 7.11 Å². The van der Waals surface area contributed by atoms with Gasteiger partial charge in [-0.15, -0.1) is 0 Å². The summed E-state index contributed by atoms with van der Waals surface area (Å²) >= 11 is 0. The van der Waals surface area contributed by atoms with Gasteiger partial charge in [0, 0.05) is 0 Å². The van der Waals surface area contributed by atoms with Crippen LogP contribution in [0, 0.1) is 0 Å². The van der Waals surface area contributed by atoms with Gasteiger partial charge in [0.1, 0.15) is 0 Å². The quantitative estimate of drug-likeness (QED) is 0.335. The fraction of sp³-hybridized carbons (Fsp3) is 0.273. The lowest BCUT2D eigenvalue weighted by molar-refractivity contribution is -0.137. The number of methoxy groups -OCH3 is 1. The first-order valence-corrected chi connectivity index (χ1v) is 4.92. The Morgan fingerprint density at radius 2 is 2.24 bits per heavy atom. The van der Waals surface area contributed by atoms with E-state index in [-0.39, 0.29) is 18.9 Å².